The van der Waals surface area contributed by atoms with Gasteiger partial charge in [0.25, 0.3) is 0 Å². The highest BCUT2D eigenvalue weighted by Gasteiger charge is 2.13. The van der Waals surface area contributed by atoms with Crippen LogP contribution in [0.1, 0.15) is 10.5 Å². The monoisotopic (exact) mass is 301 g/mol. The average molecular weight is 303 g/mol. The third kappa shape index (κ3) is 2.29. The van der Waals surface area contributed by atoms with E-state index in [9.17, 15) is 9.59 Å². The number of carbonyl (C=O) groups is 1. The van der Waals surface area contributed by atoms with Crippen molar-refractivity contribution in [2.75, 3.05) is 0 Å². The molecule has 1 aromatic heterocycles. The largest absolute Gasteiger partial charge is 0.319 e. The van der Waals surface area contributed by atoms with E-state index in [1.807, 2.05) is 0 Å². The quantitative estimate of drug-likeness (QED) is 0.677. The second-order valence-electron chi connectivity index (χ2n) is 3.49. The maximum atomic E-state index is 11.1. The van der Waals surface area contributed by atoms with Gasteiger partial charge in [-0.1, -0.05) is 40.9 Å². The van der Waals surface area contributed by atoms with Crippen molar-refractivity contribution < 1.29 is 4.79 Å². The molecule has 1 N–H and O–H groups in total. The van der Waals surface area contributed by atoms with E-state index < -0.39 is 0 Å². The molecule has 3 nitrogen and oxygen atoms in total. The molecule has 1 heterocycles. The zero-order chi connectivity index (χ0) is 13.3. The molecule has 0 aliphatic heterocycles. The van der Waals surface area contributed by atoms with Crippen LogP contribution in [0.2, 0.25) is 15.1 Å². The molecule has 0 radical (unpaired) electrons. The third-order valence-corrected chi connectivity index (χ3v) is 3.69. The van der Waals surface area contributed by atoms with Gasteiger partial charge in [-0.3, -0.25) is 9.59 Å². The first kappa shape index (κ1) is 13.1. The van der Waals surface area contributed by atoms with Crippen molar-refractivity contribution in [1.82, 2.24) is 4.98 Å². The molecule has 0 amide bonds. The summed E-state index contributed by atoms with van der Waals surface area (Å²) in [6.07, 6.45) is 0.551. The van der Waals surface area contributed by atoms with Gasteiger partial charge in [-0.25, -0.2) is 0 Å². The van der Waals surface area contributed by atoms with Crippen LogP contribution in [0.5, 0.6) is 0 Å². The molecule has 18 heavy (non-hydrogen) atoms. The lowest BCUT2D eigenvalue weighted by Gasteiger charge is -2.09. The molecule has 6 heteroatoms. The van der Waals surface area contributed by atoms with Crippen LogP contribution in [0.15, 0.2) is 29.1 Å². The van der Waals surface area contributed by atoms with E-state index in [1.165, 1.54) is 12.1 Å². The molecular formula is C12H6Cl3NO2. The number of benzene rings is 1. The zero-order valence-corrected chi connectivity index (χ0v) is 11.1. The maximum absolute atomic E-state index is 11.1. The second kappa shape index (κ2) is 5.14. The number of hydrogen-bond acceptors (Lipinski definition) is 2. The first-order chi connectivity index (χ1) is 8.54. The summed E-state index contributed by atoms with van der Waals surface area (Å²) in [5, 5.41) is 0.765. The van der Waals surface area contributed by atoms with Crippen molar-refractivity contribution >= 4 is 41.1 Å². The number of aldehydes is 1. The molecule has 92 valence electrons. The van der Waals surface area contributed by atoms with E-state index in [-0.39, 0.29) is 21.3 Å². The highest BCUT2D eigenvalue weighted by Crippen LogP contribution is 2.38. The smallest absolute Gasteiger partial charge is 0.248 e. The lowest BCUT2D eigenvalue weighted by molar-refractivity contribution is 0.111. The fourth-order valence-electron chi connectivity index (χ4n) is 1.55. The predicted molar refractivity (Wildman–Crippen MR) is 72.9 cm³/mol. The topological polar surface area (TPSA) is 49.9 Å². The van der Waals surface area contributed by atoms with Gasteiger partial charge in [0.05, 0.1) is 20.8 Å². The molecule has 0 saturated carbocycles. The van der Waals surface area contributed by atoms with Gasteiger partial charge >= 0.3 is 0 Å². The van der Waals surface area contributed by atoms with E-state index in [0.29, 0.717) is 22.4 Å². The normalized spacial score (nSPS) is 10.4. The molecule has 0 fully saturated rings. The van der Waals surface area contributed by atoms with E-state index in [2.05, 4.69) is 4.98 Å². The Bertz CT molecular complexity index is 680. The number of rotatable bonds is 2. The molecule has 0 aliphatic rings. The van der Waals surface area contributed by atoms with Crippen molar-refractivity contribution in [3.63, 3.8) is 0 Å². The molecule has 0 bridgehead atoms. The summed E-state index contributed by atoms with van der Waals surface area (Å²) in [6.45, 7) is 0. The fraction of sp³-hybridized carbons (Fsp3) is 0. The van der Waals surface area contributed by atoms with Gasteiger partial charge in [0.1, 0.15) is 0 Å². The van der Waals surface area contributed by atoms with Gasteiger partial charge in [0.15, 0.2) is 6.29 Å². The number of carbonyl (C=O) groups excluding carboxylic acids is 1. The predicted octanol–water partition coefficient (Wildman–Crippen LogP) is 3.81. The van der Waals surface area contributed by atoms with Crippen molar-refractivity contribution in [2.24, 2.45) is 0 Å². The minimum atomic E-state index is -0.364. The molecule has 2 aromatic rings. The standard InChI is InChI=1S/C12H6Cl3NO2/c13-8-3-1-7(11(14)12(8)15)6-2-4-10(18)16-9(6)5-17/h1-5H,(H,16,18). The molecule has 0 aliphatic carbocycles. The summed E-state index contributed by atoms with van der Waals surface area (Å²) >= 11 is 17.8. The maximum Gasteiger partial charge on any atom is 0.248 e. The Labute approximate surface area is 117 Å². The van der Waals surface area contributed by atoms with Crippen molar-refractivity contribution in [1.29, 1.82) is 0 Å². The van der Waals surface area contributed by atoms with Crippen LogP contribution in [0.4, 0.5) is 0 Å². The molecule has 1 aromatic carbocycles. The first-order valence-electron chi connectivity index (χ1n) is 4.87. The Kier molecular flexibility index (Phi) is 3.76. The summed E-state index contributed by atoms with van der Waals surface area (Å²) in [5.41, 5.74) is 0.803. The van der Waals surface area contributed by atoms with Crippen LogP contribution >= 0.6 is 34.8 Å². The van der Waals surface area contributed by atoms with Crippen LogP contribution in [0.3, 0.4) is 0 Å². The zero-order valence-electron chi connectivity index (χ0n) is 8.84. The van der Waals surface area contributed by atoms with E-state index in [1.54, 1.807) is 12.1 Å². The molecule has 2 rings (SSSR count). The number of pyridine rings is 1. The number of aromatic nitrogens is 1. The summed E-state index contributed by atoms with van der Waals surface area (Å²) < 4.78 is 0. The molecule has 0 atom stereocenters. The Morgan fingerprint density at radius 1 is 0.944 bits per heavy atom. The van der Waals surface area contributed by atoms with Crippen LogP contribution in [-0.2, 0) is 0 Å². The second-order valence-corrected chi connectivity index (χ2v) is 4.65. The first-order valence-corrected chi connectivity index (χ1v) is 6.00. The van der Waals surface area contributed by atoms with Gasteiger partial charge in [0, 0.05) is 17.2 Å². The minimum Gasteiger partial charge on any atom is -0.319 e. The fourth-order valence-corrected chi connectivity index (χ4v) is 2.19. The molecule has 0 saturated heterocycles. The summed E-state index contributed by atoms with van der Waals surface area (Å²) in [7, 11) is 0. The van der Waals surface area contributed by atoms with Crippen molar-refractivity contribution in [2.45, 2.75) is 0 Å². The summed E-state index contributed by atoms with van der Waals surface area (Å²) in [6, 6.07) is 6.02. The third-order valence-electron chi connectivity index (χ3n) is 2.39. The number of H-pyrrole nitrogens is 1. The van der Waals surface area contributed by atoms with Crippen molar-refractivity contribution in [3.05, 3.63) is 55.4 Å². The van der Waals surface area contributed by atoms with Gasteiger partial charge in [0.2, 0.25) is 5.56 Å². The van der Waals surface area contributed by atoms with E-state index in [0.717, 1.165) is 0 Å². The Balaban J connectivity index is 2.73. The Hall–Kier alpha value is -1.29. The lowest BCUT2D eigenvalue weighted by atomic mass is 10.0. The van der Waals surface area contributed by atoms with E-state index in [4.69, 9.17) is 34.8 Å². The highest BCUT2D eigenvalue weighted by atomic mass is 35.5. The van der Waals surface area contributed by atoms with Crippen molar-refractivity contribution in [3.8, 4) is 11.1 Å². The summed E-state index contributed by atoms with van der Waals surface area (Å²) in [5.74, 6) is 0. The summed E-state index contributed by atoms with van der Waals surface area (Å²) in [4.78, 5) is 24.5. The number of aromatic amines is 1. The SMILES string of the molecule is O=Cc1[nH]c(=O)ccc1-c1ccc(Cl)c(Cl)c1Cl. The Morgan fingerprint density at radius 3 is 2.28 bits per heavy atom. The van der Waals surface area contributed by atoms with Crippen LogP contribution in [0.25, 0.3) is 11.1 Å². The minimum absolute atomic E-state index is 0.141. The van der Waals surface area contributed by atoms with Gasteiger partial charge in [-0.15, -0.1) is 0 Å². The number of hydrogen-bond donors (Lipinski definition) is 1. The Morgan fingerprint density at radius 2 is 1.61 bits per heavy atom. The van der Waals surface area contributed by atoms with Crippen LogP contribution in [-0.4, -0.2) is 11.3 Å². The number of nitrogens with one attached hydrogen (secondary N) is 1. The number of halogens is 3. The van der Waals surface area contributed by atoms with Gasteiger partial charge in [-0.05, 0) is 12.1 Å². The van der Waals surface area contributed by atoms with Crippen LogP contribution < -0.4 is 5.56 Å². The molecule has 0 spiro atoms. The van der Waals surface area contributed by atoms with Crippen LogP contribution in [0, 0.1) is 0 Å². The molecule has 0 unspecified atom stereocenters. The van der Waals surface area contributed by atoms with Gasteiger partial charge < -0.3 is 4.98 Å². The lowest BCUT2D eigenvalue weighted by Crippen LogP contribution is -2.07. The van der Waals surface area contributed by atoms with Gasteiger partial charge in [-0.2, -0.15) is 0 Å². The molecular weight excluding hydrogens is 296 g/mol. The van der Waals surface area contributed by atoms with E-state index >= 15 is 0 Å². The highest BCUT2D eigenvalue weighted by molar-refractivity contribution is 6.49. The average Bonchev–Trinajstić information content (AvgIpc) is 2.37.